The van der Waals surface area contributed by atoms with Crippen LogP contribution in [-0.2, 0) is 9.47 Å². The smallest absolute Gasteiger partial charge is 0.400 e. The second kappa shape index (κ2) is 12.7. The van der Waals surface area contributed by atoms with Crippen LogP contribution in [0.3, 0.4) is 0 Å². The van der Waals surface area contributed by atoms with Gasteiger partial charge in [-0.05, 0) is 37.3 Å². The van der Waals surface area contributed by atoms with Crippen molar-refractivity contribution in [2.45, 2.75) is 45.0 Å². The summed E-state index contributed by atoms with van der Waals surface area (Å²) in [4.78, 5) is 0. The molecule has 43 heavy (non-hydrogen) atoms. The number of allylic oxidation sites excluding steroid dienone is 1. The van der Waals surface area contributed by atoms with Crippen LogP contribution < -0.4 is 4.74 Å². The summed E-state index contributed by atoms with van der Waals surface area (Å²) in [6.07, 6.45) is -5.31. The molecule has 0 unspecified atom stereocenters. The summed E-state index contributed by atoms with van der Waals surface area (Å²) in [5, 5.41) is 0. The molecule has 0 radical (unpaired) electrons. The molecule has 2 aliphatic rings. The number of benzene rings is 3. The van der Waals surface area contributed by atoms with Crippen molar-refractivity contribution in [3.05, 3.63) is 94.8 Å². The molecule has 3 nitrogen and oxygen atoms in total. The van der Waals surface area contributed by atoms with E-state index in [1.165, 1.54) is 30.3 Å². The Balaban J connectivity index is 1.22. The molecule has 230 valence electrons. The predicted molar refractivity (Wildman–Crippen MR) is 142 cm³/mol. The lowest BCUT2D eigenvalue weighted by atomic mass is 9.80. The van der Waals surface area contributed by atoms with Crippen molar-refractivity contribution in [2.24, 2.45) is 17.8 Å². The Hall–Kier alpha value is -3.44. The fraction of sp³-hybridized carbons (Fsp3) is 0.375. The first kappa shape index (κ1) is 31.0. The Kier molecular flexibility index (Phi) is 9.12. The van der Waals surface area contributed by atoms with E-state index >= 15 is 8.78 Å². The van der Waals surface area contributed by atoms with E-state index in [0.717, 1.165) is 0 Å². The third-order valence-electron chi connectivity index (χ3n) is 7.76. The summed E-state index contributed by atoms with van der Waals surface area (Å²) < 4.78 is 130. The van der Waals surface area contributed by atoms with E-state index in [4.69, 9.17) is 9.47 Å². The van der Waals surface area contributed by atoms with E-state index in [9.17, 15) is 26.3 Å². The molecule has 1 aliphatic carbocycles. The fourth-order valence-corrected chi connectivity index (χ4v) is 5.33. The summed E-state index contributed by atoms with van der Waals surface area (Å²) in [5.74, 6) is -11.0. The largest absolute Gasteiger partial charge is 0.432 e. The molecule has 3 aromatic carbocycles. The van der Waals surface area contributed by atoms with E-state index in [-0.39, 0.29) is 42.7 Å². The van der Waals surface area contributed by atoms with Crippen molar-refractivity contribution < 1.29 is 49.3 Å². The van der Waals surface area contributed by atoms with Gasteiger partial charge in [0, 0.05) is 40.7 Å². The quantitative estimate of drug-likeness (QED) is 0.196. The zero-order valence-corrected chi connectivity index (χ0v) is 23.0. The first-order chi connectivity index (χ1) is 20.4. The maximum absolute atomic E-state index is 15.1. The van der Waals surface area contributed by atoms with Gasteiger partial charge < -0.3 is 14.2 Å². The minimum absolute atomic E-state index is 0.0902. The topological polar surface area (TPSA) is 27.7 Å². The average molecular weight is 613 g/mol. The Morgan fingerprint density at radius 1 is 0.791 bits per heavy atom. The molecule has 0 N–H and O–H groups in total. The lowest BCUT2D eigenvalue weighted by molar-refractivity contribution is -0.223. The number of alkyl halides is 2. The molecule has 0 aromatic heterocycles. The first-order valence-corrected chi connectivity index (χ1v) is 13.8. The Morgan fingerprint density at radius 2 is 1.40 bits per heavy atom. The molecule has 0 atom stereocenters. The predicted octanol–water partition coefficient (Wildman–Crippen LogP) is 9.68. The second-order valence-corrected chi connectivity index (χ2v) is 11.0. The van der Waals surface area contributed by atoms with Crippen LogP contribution in [0.1, 0.15) is 50.0 Å². The van der Waals surface area contributed by atoms with Gasteiger partial charge in [0.05, 0.1) is 19.1 Å². The molecule has 0 bridgehead atoms. The van der Waals surface area contributed by atoms with Gasteiger partial charge in [-0.3, -0.25) is 0 Å². The normalized spacial score (nSPS) is 23.6. The second-order valence-electron chi connectivity index (χ2n) is 11.0. The van der Waals surface area contributed by atoms with Crippen molar-refractivity contribution >= 4 is 5.83 Å². The highest BCUT2D eigenvalue weighted by Crippen LogP contribution is 2.44. The molecule has 3 aromatic rings. The van der Waals surface area contributed by atoms with E-state index in [2.05, 4.69) is 4.74 Å². The molecule has 5 rings (SSSR count). The van der Waals surface area contributed by atoms with E-state index in [1.807, 2.05) is 6.92 Å². The van der Waals surface area contributed by atoms with E-state index < -0.39 is 64.9 Å². The van der Waals surface area contributed by atoms with Gasteiger partial charge in [0.25, 0.3) is 0 Å². The number of hydrogen-bond donors (Lipinski definition) is 0. The highest BCUT2D eigenvalue weighted by Gasteiger charge is 2.45. The molecule has 2 fully saturated rings. The van der Waals surface area contributed by atoms with Crippen molar-refractivity contribution in [2.75, 3.05) is 13.2 Å². The van der Waals surface area contributed by atoms with Gasteiger partial charge in [-0.25, -0.2) is 26.3 Å². The van der Waals surface area contributed by atoms with Crippen LogP contribution in [0.25, 0.3) is 17.0 Å². The average Bonchev–Trinajstić information content (AvgIpc) is 2.99. The summed E-state index contributed by atoms with van der Waals surface area (Å²) in [6, 6.07) is 10.7. The van der Waals surface area contributed by atoms with Gasteiger partial charge in [-0.15, -0.1) is 0 Å². The van der Waals surface area contributed by atoms with E-state index in [1.54, 1.807) is 12.1 Å². The minimum Gasteiger partial charge on any atom is -0.432 e. The van der Waals surface area contributed by atoms with Crippen molar-refractivity contribution in [3.63, 3.8) is 0 Å². The molecular weight excluding hydrogens is 584 g/mol. The van der Waals surface area contributed by atoms with Crippen LogP contribution >= 0.6 is 0 Å². The van der Waals surface area contributed by atoms with Crippen LogP contribution in [-0.4, -0.2) is 19.3 Å². The van der Waals surface area contributed by atoms with Crippen LogP contribution in [0.2, 0.25) is 0 Å². The molecule has 1 heterocycles. The standard InChI is InChI=1S/C32H28F8O3/c1-17-15-41-31(42-16-17)21-8-11-24(25(33)12-21)18-2-4-19(5-3-18)28(36)29(37)20-6-9-22(10-7-20)32(39,40)43-23-13-26(34)30(38)27(35)14-23/h2-5,8,11-14,17,20,22,31H,6-7,9-10,15-16H2,1H3/b29-28+. The summed E-state index contributed by atoms with van der Waals surface area (Å²) >= 11 is 0. The third-order valence-corrected chi connectivity index (χ3v) is 7.76. The van der Waals surface area contributed by atoms with Gasteiger partial charge in [-0.1, -0.05) is 43.3 Å². The maximum atomic E-state index is 15.1. The van der Waals surface area contributed by atoms with Gasteiger partial charge in [0.1, 0.15) is 17.4 Å². The summed E-state index contributed by atoms with van der Waals surface area (Å²) in [5.41, 5.74) is 1.12. The molecule has 0 spiro atoms. The highest BCUT2D eigenvalue weighted by atomic mass is 19.3. The minimum atomic E-state index is -3.88. The Labute approximate surface area is 243 Å². The Morgan fingerprint density at radius 3 is 1.98 bits per heavy atom. The Bertz CT molecular complexity index is 1450. The molecule has 11 heteroatoms. The fourth-order valence-electron chi connectivity index (χ4n) is 5.33. The van der Waals surface area contributed by atoms with Crippen LogP contribution in [0.4, 0.5) is 35.1 Å². The number of halogens is 8. The van der Waals surface area contributed by atoms with Crippen LogP contribution in [0, 0.1) is 41.0 Å². The number of hydrogen-bond acceptors (Lipinski definition) is 3. The summed E-state index contributed by atoms with van der Waals surface area (Å²) in [6.45, 7) is 2.97. The van der Waals surface area contributed by atoms with E-state index in [0.29, 0.717) is 36.5 Å². The molecule has 0 amide bonds. The van der Waals surface area contributed by atoms with Crippen LogP contribution in [0.15, 0.2) is 60.4 Å². The zero-order chi connectivity index (χ0) is 30.9. The maximum Gasteiger partial charge on any atom is 0.400 e. The number of ether oxygens (including phenoxy) is 3. The SMILES string of the molecule is CC1COC(c2ccc(-c3ccc(/C(F)=C(\F)C4CCC(C(F)(F)Oc5cc(F)c(F)c(F)c5)CC4)cc3)c(F)c2)OC1. The molecule has 1 saturated heterocycles. The monoisotopic (exact) mass is 612 g/mol. The lowest BCUT2D eigenvalue weighted by Crippen LogP contribution is -2.37. The zero-order valence-electron chi connectivity index (χ0n) is 23.0. The van der Waals surface area contributed by atoms with Crippen molar-refractivity contribution in [1.29, 1.82) is 0 Å². The van der Waals surface area contributed by atoms with Gasteiger partial charge in [0.15, 0.2) is 29.6 Å². The van der Waals surface area contributed by atoms with Gasteiger partial charge in [-0.2, -0.15) is 8.78 Å². The number of rotatable bonds is 7. The molecule has 1 saturated carbocycles. The molecule has 1 aliphatic heterocycles. The molecular formula is C32H28F8O3. The van der Waals surface area contributed by atoms with Crippen molar-refractivity contribution in [1.82, 2.24) is 0 Å². The van der Waals surface area contributed by atoms with Gasteiger partial charge in [0.2, 0.25) is 0 Å². The third kappa shape index (κ3) is 6.88. The first-order valence-electron chi connectivity index (χ1n) is 13.8. The van der Waals surface area contributed by atoms with Gasteiger partial charge >= 0.3 is 6.11 Å². The summed E-state index contributed by atoms with van der Waals surface area (Å²) in [7, 11) is 0. The lowest BCUT2D eigenvalue weighted by Gasteiger charge is -2.32. The van der Waals surface area contributed by atoms with Crippen molar-refractivity contribution in [3.8, 4) is 16.9 Å². The van der Waals surface area contributed by atoms with Crippen LogP contribution in [0.5, 0.6) is 5.75 Å². The highest BCUT2D eigenvalue weighted by molar-refractivity contribution is 5.69.